The van der Waals surface area contributed by atoms with E-state index in [2.05, 4.69) is 29.2 Å². The van der Waals surface area contributed by atoms with Crippen molar-refractivity contribution in [1.82, 2.24) is 4.90 Å². The van der Waals surface area contributed by atoms with Crippen LogP contribution in [-0.2, 0) is 6.54 Å². The van der Waals surface area contributed by atoms with E-state index < -0.39 is 12.2 Å². The Labute approximate surface area is 219 Å². The van der Waals surface area contributed by atoms with E-state index in [1.807, 2.05) is 84.9 Å². The van der Waals surface area contributed by atoms with Crippen molar-refractivity contribution >= 4 is 0 Å². The fraction of sp³-hybridized carbons (Fsp3) is 0.250. The quantitative estimate of drug-likeness (QED) is 0.247. The summed E-state index contributed by atoms with van der Waals surface area (Å²) in [4.78, 5) is 2.15. The van der Waals surface area contributed by atoms with Gasteiger partial charge in [-0.1, -0.05) is 97.1 Å². The van der Waals surface area contributed by atoms with Crippen molar-refractivity contribution < 1.29 is 19.7 Å². The van der Waals surface area contributed by atoms with Crippen molar-refractivity contribution in [2.75, 3.05) is 26.8 Å². The number of para-hydroxylation sites is 2. The van der Waals surface area contributed by atoms with E-state index in [0.29, 0.717) is 37.7 Å². The summed E-state index contributed by atoms with van der Waals surface area (Å²) in [6, 6.07) is 35.8. The van der Waals surface area contributed by atoms with Crippen molar-refractivity contribution in [3.05, 3.63) is 120 Å². The number of nitrogens with zero attached hydrogens (tertiary/aromatic N) is 1. The van der Waals surface area contributed by atoms with E-state index in [1.54, 1.807) is 7.11 Å². The molecule has 0 aliphatic carbocycles. The lowest BCUT2D eigenvalue weighted by Gasteiger charge is -2.26. The average Bonchev–Trinajstić information content (AvgIpc) is 2.94. The number of benzene rings is 4. The highest BCUT2D eigenvalue weighted by molar-refractivity contribution is 5.63. The Kier molecular flexibility index (Phi) is 9.72. The fourth-order valence-corrected chi connectivity index (χ4v) is 4.39. The second-order valence-corrected chi connectivity index (χ2v) is 9.11. The van der Waals surface area contributed by atoms with Crippen LogP contribution >= 0.6 is 0 Å². The Bertz CT molecular complexity index is 1200. The van der Waals surface area contributed by atoms with Gasteiger partial charge in [-0.05, 0) is 34.4 Å². The molecule has 192 valence electrons. The summed E-state index contributed by atoms with van der Waals surface area (Å²) in [5, 5.41) is 21.7. The Hall–Kier alpha value is -3.64. The standard InChI is InChI=1S/C32H35NO4/c1-36-31-14-8-9-15-32(31)37-21-20-33(23-25-10-4-2-5-11-25)24-29(34)22-30(35)28-18-16-27(17-19-28)26-12-6-3-7-13-26/h2-19,29-30,34-35H,20-24H2,1H3. The minimum absolute atomic E-state index is 0.253. The Balaban J connectivity index is 1.35. The maximum Gasteiger partial charge on any atom is 0.161 e. The van der Waals surface area contributed by atoms with Gasteiger partial charge in [-0.15, -0.1) is 0 Å². The minimum atomic E-state index is -0.747. The molecule has 0 radical (unpaired) electrons. The van der Waals surface area contributed by atoms with Crippen LogP contribution in [0.25, 0.3) is 11.1 Å². The van der Waals surface area contributed by atoms with E-state index in [4.69, 9.17) is 9.47 Å². The molecule has 0 amide bonds. The number of aliphatic hydroxyl groups excluding tert-OH is 2. The molecule has 5 heteroatoms. The lowest BCUT2D eigenvalue weighted by atomic mass is 9.99. The van der Waals surface area contributed by atoms with Crippen LogP contribution in [0.5, 0.6) is 11.5 Å². The number of hydrogen-bond acceptors (Lipinski definition) is 5. The van der Waals surface area contributed by atoms with Crippen LogP contribution in [0.3, 0.4) is 0 Å². The predicted octanol–water partition coefficient (Wildman–Crippen LogP) is 5.73. The molecule has 2 N–H and O–H groups in total. The molecular formula is C32H35NO4. The Morgan fingerprint density at radius 2 is 1.30 bits per heavy atom. The highest BCUT2D eigenvalue weighted by Gasteiger charge is 2.18. The maximum absolute atomic E-state index is 10.9. The summed E-state index contributed by atoms with van der Waals surface area (Å²) in [6.45, 7) is 2.16. The van der Waals surface area contributed by atoms with E-state index in [0.717, 1.165) is 22.3 Å². The number of rotatable bonds is 13. The molecule has 0 aliphatic heterocycles. The molecule has 0 saturated heterocycles. The molecule has 0 saturated carbocycles. The van der Waals surface area contributed by atoms with Gasteiger partial charge in [0.2, 0.25) is 0 Å². The number of methoxy groups -OCH3 is 1. The molecule has 4 rings (SSSR count). The molecule has 0 heterocycles. The second-order valence-electron chi connectivity index (χ2n) is 9.11. The number of ether oxygens (including phenoxy) is 2. The van der Waals surface area contributed by atoms with Crippen LogP contribution in [0.2, 0.25) is 0 Å². The summed E-state index contributed by atoms with van der Waals surface area (Å²) < 4.78 is 11.4. The highest BCUT2D eigenvalue weighted by atomic mass is 16.5. The van der Waals surface area contributed by atoms with Crippen LogP contribution in [0.15, 0.2) is 109 Å². The lowest BCUT2D eigenvalue weighted by Crippen LogP contribution is -2.35. The van der Waals surface area contributed by atoms with E-state index in [-0.39, 0.29) is 6.42 Å². The van der Waals surface area contributed by atoms with Crippen LogP contribution in [0, 0.1) is 0 Å². The summed E-state index contributed by atoms with van der Waals surface area (Å²) in [5.41, 5.74) is 4.19. The zero-order valence-corrected chi connectivity index (χ0v) is 21.2. The monoisotopic (exact) mass is 497 g/mol. The van der Waals surface area contributed by atoms with Crippen molar-refractivity contribution in [3.63, 3.8) is 0 Å². The van der Waals surface area contributed by atoms with Gasteiger partial charge in [0.15, 0.2) is 11.5 Å². The highest BCUT2D eigenvalue weighted by Crippen LogP contribution is 2.26. The summed E-state index contributed by atoms with van der Waals surface area (Å²) in [7, 11) is 1.63. The summed E-state index contributed by atoms with van der Waals surface area (Å²) >= 11 is 0. The van der Waals surface area contributed by atoms with Gasteiger partial charge in [0, 0.05) is 26.1 Å². The third kappa shape index (κ3) is 7.92. The van der Waals surface area contributed by atoms with Crippen LogP contribution in [0.4, 0.5) is 0 Å². The van der Waals surface area contributed by atoms with Gasteiger partial charge >= 0.3 is 0 Å². The van der Waals surface area contributed by atoms with Gasteiger partial charge < -0.3 is 19.7 Å². The van der Waals surface area contributed by atoms with Crippen molar-refractivity contribution in [2.24, 2.45) is 0 Å². The molecule has 4 aromatic carbocycles. The smallest absolute Gasteiger partial charge is 0.161 e. The number of aliphatic hydroxyl groups is 2. The molecule has 0 bridgehead atoms. The van der Waals surface area contributed by atoms with E-state index >= 15 is 0 Å². The Morgan fingerprint density at radius 1 is 0.703 bits per heavy atom. The largest absolute Gasteiger partial charge is 0.493 e. The molecule has 0 aliphatic rings. The number of hydrogen-bond donors (Lipinski definition) is 2. The molecule has 2 atom stereocenters. The SMILES string of the molecule is COc1ccccc1OCCN(Cc1ccccc1)CC(O)CC(O)c1ccc(-c2ccccc2)cc1. The lowest BCUT2D eigenvalue weighted by molar-refractivity contribution is 0.0479. The molecule has 2 unspecified atom stereocenters. The van der Waals surface area contributed by atoms with Crippen molar-refractivity contribution in [2.45, 2.75) is 25.2 Å². The van der Waals surface area contributed by atoms with Gasteiger partial charge in [-0.25, -0.2) is 0 Å². The first-order valence-electron chi connectivity index (χ1n) is 12.7. The first-order chi connectivity index (χ1) is 18.1. The maximum atomic E-state index is 10.9. The molecule has 5 nitrogen and oxygen atoms in total. The van der Waals surface area contributed by atoms with Crippen molar-refractivity contribution in [3.8, 4) is 22.6 Å². The molecular weight excluding hydrogens is 462 g/mol. The first-order valence-corrected chi connectivity index (χ1v) is 12.7. The van der Waals surface area contributed by atoms with E-state index in [1.165, 1.54) is 0 Å². The third-order valence-electron chi connectivity index (χ3n) is 6.35. The average molecular weight is 498 g/mol. The summed E-state index contributed by atoms with van der Waals surface area (Å²) in [6.07, 6.45) is -1.19. The Morgan fingerprint density at radius 3 is 1.97 bits per heavy atom. The molecule has 37 heavy (non-hydrogen) atoms. The van der Waals surface area contributed by atoms with Gasteiger partial charge in [0.05, 0.1) is 19.3 Å². The molecule has 0 spiro atoms. The topological polar surface area (TPSA) is 62.2 Å². The normalized spacial score (nSPS) is 12.8. The van der Waals surface area contributed by atoms with Crippen LogP contribution in [0.1, 0.15) is 23.7 Å². The zero-order valence-electron chi connectivity index (χ0n) is 21.2. The van der Waals surface area contributed by atoms with Crippen LogP contribution < -0.4 is 9.47 Å². The minimum Gasteiger partial charge on any atom is -0.493 e. The van der Waals surface area contributed by atoms with Gasteiger partial charge in [-0.3, -0.25) is 4.90 Å². The van der Waals surface area contributed by atoms with Crippen LogP contribution in [-0.4, -0.2) is 48.0 Å². The van der Waals surface area contributed by atoms with Gasteiger partial charge in [0.1, 0.15) is 6.61 Å². The first kappa shape index (κ1) is 26.4. The third-order valence-corrected chi connectivity index (χ3v) is 6.35. The molecule has 4 aromatic rings. The second kappa shape index (κ2) is 13.6. The van der Waals surface area contributed by atoms with Crippen molar-refractivity contribution in [1.29, 1.82) is 0 Å². The molecule has 0 fully saturated rings. The van der Waals surface area contributed by atoms with E-state index in [9.17, 15) is 10.2 Å². The fourth-order valence-electron chi connectivity index (χ4n) is 4.39. The zero-order chi connectivity index (χ0) is 25.9. The van der Waals surface area contributed by atoms with Gasteiger partial charge in [0.25, 0.3) is 0 Å². The summed E-state index contributed by atoms with van der Waals surface area (Å²) in [5.74, 6) is 1.39. The predicted molar refractivity (Wildman–Crippen MR) is 148 cm³/mol. The molecule has 0 aromatic heterocycles. The van der Waals surface area contributed by atoms with Gasteiger partial charge in [-0.2, -0.15) is 0 Å².